The van der Waals surface area contributed by atoms with Crippen LogP contribution < -0.4 is 10.6 Å². The Morgan fingerprint density at radius 2 is 1.72 bits per heavy atom. The molecule has 1 aliphatic rings. The Kier molecular flexibility index (Phi) is 7.57. The highest BCUT2D eigenvalue weighted by Crippen LogP contribution is 2.24. The van der Waals surface area contributed by atoms with Crippen LogP contribution >= 0.6 is 0 Å². The van der Waals surface area contributed by atoms with E-state index >= 15 is 0 Å². The molecule has 0 unspecified atom stereocenters. The molecule has 172 valence electrons. The summed E-state index contributed by atoms with van der Waals surface area (Å²) in [6, 6.07) is 8.51. The van der Waals surface area contributed by atoms with Crippen LogP contribution in [0, 0.1) is 17.6 Å². The first kappa shape index (κ1) is 23.8. The van der Waals surface area contributed by atoms with Crippen molar-refractivity contribution < 1.29 is 26.8 Å². The third kappa shape index (κ3) is 5.89. The lowest BCUT2D eigenvalue weighted by atomic mass is 10.0. The zero-order chi connectivity index (χ0) is 23.3. The van der Waals surface area contributed by atoms with E-state index in [1.54, 1.807) is 0 Å². The van der Waals surface area contributed by atoms with Crippen LogP contribution in [0.3, 0.4) is 0 Å². The lowest BCUT2D eigenvalue weighted by molar-refractivity contribution is -0.116. The van der Waals surface area contributed by atoms with Crippen molar-refractivity contribution in [1.82, 2.24) is 9.62 Å². The van der Waals surface area contributed by atoms with Crippen molar-refractivity contribution in [1.29, 1.82) is 0 Å². The summed E-state index contributed by atoms with van der Waals surface area (Å²) >= 11 is 0. The van der Waals surface area contributed by atoms with Gasteiger partial charge in [-0.05, 0) is 55.2 Å². The summed E-state index contributed by atoms with van der Waals surface area (Å²) in [6.45, 7) is 3.04. The van der Waals surface area contributed by atoms with E-state index in [1.807, 2.05) is 0 Å². The molecular weight excluding hydrogens is 440 g/mol. The van der Waals surface area contributed by atoms with Crippen LogP contribution in [0.2, 0.25) is 0 Å². The lowest BCUT2D eigenvalue weighted by Gasteiger charge is -2.29. The van der Waals surface area contributed by atoms with Gasteiger partial charge in [-0.1, -0.05) is 6.92 Å². The molecule has 0 saturated carbocycles. The number of carbonyl (C=O) groups excluding carboxylic acids is 2. The highest BCUT2D eigenvalue weighted by Gasteiger charge is 2.27. The quantitative estimate of drug-likeness (QED) is 0.657. The molecule has 2 amide bonds. The second kappa shape index (κ2) is 10.2. The zero-order valence-corrected chi connectivity index (χ0v) is 18.4. The van der Waals surface area contributed by atoms with E-state index in [4.69, 9.17) is 0 Å². The Labute approximate surface area is 185 Å². The number of halogens is 2. The number of hydrogen-bond acceptors (Lipinski definition) is 4. The van der Waals surface area contributed by atoms with Gasteiger partial charge in [0.2, 0.25) is 15.9 Å². The van der Waals surface area contributed by atoms with E-state index in [9.17, 15) is 26.8 Å². The van der Waals surface area contributed by atoms with E-state index in [1.165, 1.54) is 28.6 Å². The lowest BCUT2D eigenvalue weighted by Crippen LogP contribution is -2.37. The van der Waals surface area contributed by atoms with Crippen molar-refractivity contribution in [3.8, 4) is 0 Å². The number of amides is 2. The zero-order valence-electron chi connectivity index (χ0n) is 17.6. The molecule has 10 heteroatoms. The Hall–Kier alpha value is -2.85. The minimum atomic E-state index is -3.57. The molecular formula is C22H25F2N3O4S. The Balaban J connectivity index is 1.49. The molecule has 7 nitrogen and oxygen atoms in total. The first-order chi connectivity index (χ1) is 15.2. The Morgan fingerprint density at radius 3 is 2.34 bits per heavy atom. The van der Waals surface area contributed by atoms with Gasteiger partial charge >= 0.3 is 0 Å². The maximum Gasteiger partial charge on any atom is 0.254 e. The molecule has 1 aliphatic heterocycles. The van der Waals surface area contributed by atoms with Gasteiger partial charge in [-0.25, -0.2) is 17.2 Å². The third-order valence-corrected chi connectivity index (χ3v) is 7.24. The largest absolute Gasteiger partial charge is 0.351 e. The van der Waals surface area contributed by atoms with Crippen LogP contribution in [-0.4, -0.2) is 44.2 Å². The van der Waals surface area contributed by atoms with Crippen molar-refractivity contribution in [3.63, 3.8) is 0 Å². The van der Waals surface area contributed by atoms with Crippen molar-refractivity contribution in [3.05, 3.63) is 59.7 Å². The Morgan fingerprint density at radius 1 is 1.06 bits per heavy atom. The predicted molar refractivity (Wildman–Crippen MR) is 116 cm³/mol. The highest BCUT2D eigenvalue weighted by atomic mass is 32.2. The predicted octanol–water partition coefficient (Wildman–Crippen LogP) is 3.14. The molecule has 32 heavy (non-hydrogen) atoms. The minimum absolute atomic E-state index is 0.0542. The molecule has 3 rings (SSSR count). The second-order valence-electron chi connectivity index (χ2n) is 7.79. The first-order valence-electron chi connectivity index (χ1n) is 10.3. The molecule has 2 aromatic rings. The topological polar surface area (TPSA) is 95.6 Å². The fourth-order valence-electron chi connectivity index (χ4n) is 3.37. The molecule has 2 aromatic carbocycles. The average Bonchev–Trinajstić information content (AvgIpc) is 2.74. The van der Waals surface area contributed by atoms with Gasteiger partial charge in [0, 0.05) is 37.8 Å². The number of hydrogen-bond donors (Lipinski definition) is 2. The Bertz CT molecular complexity index is 1080. The molecule has 2 N–H and O–H groups in total. The molecule has 0 spiro atoms. The van der Waals surface area contributed by atoms with Crippen LogP contribution in [0.5, 0.6) is 0 Å². The van der Waals surface area contributed by atoms with Gasteiger partial charge in [0.05, 0.1) is 10.5 Å². The van der Waals surface area contributed by atoms with Crippen molar-refractivity contribution in [2.45, 2.75) is 31.1 Å². The van der Waals surface area contributed by atoms with Crippen LogP contribution in [0.4, 0.5) is 14.5 Å². The summed E-state index contributed by atoms with van der Waals surface area (Å²) in [5.74, 6) is -2.43. The van der Waals surface area contributed by atoms with Gasteiger partial charge < -0.3 is 10.6 Å². The third-order valence-electron chi connectivity index (χ3n) is 5.33. The molecule has 0 aromatic heterocycles. The molecule has 1 heterocycles. The molecule has 0 radical (unpaired) electrons. The van der Waals surface area contributed by atoms with Gasteiger partial charge in [-0.15, -0.1) is 0 Å². The van der Waals surface area contributed by atoms with Crippen molar-refractivity contribution in [2.75, 3.05) is 25.0 Å². The number of nitrogens with one attached hydrogen (secondary N) is 2. The number of sulfonamides is 1. The minimum Gasteiger partial charge on any atom is -0.351 e. The van der Waals surface area contributed by atoms with Crippen LogP contribution in [0.25, 0.3) is 0 Å². The number of anilines is 1. The summed E-state index contributed by atoms with van der Waals surface area (Å²) < 4.78 is 53.5. The SMILES string of the molecule is CC1CCN(S(=O)(=O)c2ccc(NC(=O)CCNC(=O)c3ccc(F)cc3F)cc2)CC1. The molecule has 0 aliphatic carbocycles. The summed E-state index contributed by atoms with van der Waals surface area (Å²) in [6.07, 6.45) is 1.58. The monoisotopic (exact) mass is 465 g/mol. The van der Waals surface area contributed by atoms with E-state index in [-0.39, 0.29) is 23.4 Å². The van der Waals surface area contributed by atoms with Gasteiger partial charge in [-0.3, -0.25) is 9.59 Å². The molecule has 1 fully saturated rings. The first-order valence-corrected chi connectivity index (χ1v) is 11.7. The normalized spacial score (nSPS) is 15.3. The van der Waals surface area contributed by atoms with E-state index in [0.29, 0.717) is 30.8 Å². The van der Waals surface area contributed by atoms with Gasteiger partial charge in [0.15, 0.2) is 0 Å². The number of carbonyl (C=O) groups is 2. The molecule has 0 atom stereocenters. The number of benzene rings is 2. The summed E-state index contributed by atoms with van der Waals surface area (Å²) in [5, 5.41) is 5.01. The fraction of sp³-hybridized carbons (Fsp3) is 0.364. The maximum atomic E-state index is 13.6. The van der Waals surface area contributed by atoms with E-state index in [0.717, 1.165) is 25.0 Å². The van der Waals surface area contributed by atoms with Crippen LogP contribution in [0.15, 0.2) is 47.4 Å². The second-order valence-corrected chi connectivity index (χ2v) is 9.73. The average molecular weight is 466 g/mol. The standard InChI is InChI=1S/C22H25F2N3O4S/c1-15-9-12-27(13-10-15)32(30,31)18-5-3-17(4-6-18)26-21(28)8-11-25-22(29)19-7-2-16(23)14-20(19)24/h2-7,14-15H,8-13H2,1H3,(H,25,29)(H,26,28). The highest BCUT2D eigenvalue weighted by molar-refractivity contribution is 7.89. The smallest absolute Gasteiger partial charge is 0.254 e. The number of piperidine rings is 1. The summed E-state index contributed by atoms with van der Waals surface area (Å²) in [4.78, 5) is 24.2. The fourth-order valence-corrected chi connectivity index (χ4v) is 4.84. The molecule has 0 bridgehead atoms. The van der Waals surface area contributed by atoms with Gasteiger partial charge in [-0.2, -0.15) is 4.31 Å². The van der Waals surface area contributed by atoms with Gasteiger partial charge in [0.25, 0.3) is 5.91 Å². The van der Waals surface area contributed by atoms with Crippen molar-refractivity contribution in [2.24, 2.45) is 5.92 Å². The number of rotatable bonds is 7. The van der Waals surface area contributed by atoms with Gasteiger partial charge in [0.1, 0.15) is 11.6 Å². The van der Waals surface area contributed by atoms with Crippen LogP contribution in [0.1, 0.15) is 36.5 Å². The van der Waals surface area contributed by atoms with E-state index in [2.05, 4.69) is 17.6 Å². The van der Waals surface area contributed by atoms with E-state index < -0.39 is 33.5 Å². The van der Waals surface area contributed by atoms with Crippen LogP contribution in [-0.2, 0) is 14.8 Å². The summed E-state index contributed by atoms with van der Waals surface area (Å²) in [7, 11) is -3.57. The number of nitrogens with zero attached hydrogens (tertiary/aromatic N) is 1. The summed E-state index contributed by atoms with van der Waals surface area (Å²) in [5.41, 5.74) is 0.101. The maximum absolute atomic E-state index is 13.6. The van der Waals surface area contributed by atoms with Crippen molar-refractivity contribution >= 4 is 27.5 Å². The molecule has 1 saturated heterocycles.